The van der Waals surface area contributed by atoms with Gasteiger partial charge in [-0.1, -0.05) is 18.2 Å². The fraction of sp³-hybridized carbons (Fsp3) is 0.150. The minimum Gasteiger partial charge on any atom is -0.344 e. The Morgan fingerprint density at radius 3 is 2.44 bits per heavy atom. The molecule has 0 aliphatic heterocycles. The van der Waals surface area contributed by atoms with Crippen molar-refractivity contribution in [1.82, 2.24) is 19.9 Å². The quantitative estimate of drug-likeness (QED) is 0.582. The van der Waals surface area contributed by atoms with Crippen LogP contribution in [0.25, 0.3) is 33.5 Å². The Morgan fingerprint density at radius 1 is 1.00 bits per heavy atom. The van der Waals surface area contributed by atoms with Crippen LogP contribution in [-0.2, 0) is 9.84 Å². The highest BCUT2D eigenvalue weighted by atomic mass is 32.2. The van der Waals surface area contributed by atoms with Crippen molar-refractivity contribution >= 4 is 21.0 Å². The van der Waals surface area contributed by atoms with Crippen LogP contribution in [-0.4, -0.2) is 33.6 Å². The van der Waals surface area contributed by atoms with E-state index >= 15 is 0 Å². The SMILES string of the molecule is CC(C)S(=O)(=O)c1ccc(-c2cnc3[nH]cc(-c4cccnc4)c3n2)cc1. The molecule has 7 heteroatoms. The van der Waals surface area contributed by atoms with E-state index in [4.69, 9.17) is 4.98 Å². The van der Waals surface area contributed by atoms with Crippen molar-refractivity contribution in [3.8, 4) is 22.4 Å². The molecule has 4 aromatic rings. The number of aromatic nitrogens is 4. The smallest absolute Gasteiger partial charge is 0.180 e. The van der Waals surface area contributed by atoms with Crippen LogP contribution in [0, 0.1) is 0 Å². The van der Waals surface area contributed by atoms with E-state index in [0.717, 1.165) is 22.2 Å². The number of fused-ring (bicyclic) bond motifs is 1. The summed E-state index contributed by atoms with van der Waals surface area (Å²) in [5.74, 6) is 0. The Morgan fingerprint density at radius 2 is 1.78 bits per heavy atom. The number of aromatic amines is 1. The molecule has 0 bridgehead atoms. The number of nitrogens with one attached hydrogen (secondary N) is 1. The van der Waals surface area contributed by atoms with Crippen LogP contribution in [0.4, 0.5) is 0 Å². The van der Waals surface area contributed by atoms with Crippen LogP contribution in [0.15, 0.2) is 66.1 Å². The van der Waals surface area contributed by atoms with E-state index in [1.165, 1.54) is 0 Å². The summed E-state index contributed by atoms with van der Waals surface area (Å²) in [6.45, 7) is 3.35. The molecule has 0 unspecified atom stereocenters. The number of hydrogen-bond acceptors (Lipinski definition) is 5. The van der Waals surface area contributed by atoms with Gasteiger partial charge in [-0.3, -0.25) is 4.98 Å². The number of benzene rings is 1. The molecular formula is C20H18N4O2S. The van der Waals surface area contributed by atoms with Crippen molar-refractivity contribution in [1.29, 1.82) is 0 Å². The summed E-state index contributed by atoms with van der Waals surface area (Å²) in [7, 11) is -3.29. The van der Waals surface area contributed by atoms with Crippen molar-refractivity contribution < 1.29 is 8.42 Å². The average molecular weight is 378 g/mol. The first-order valence-corrected chi connectivity index (χ1v) is 10.1. The topological polar surface area (TPSA) is 88.6 Å². The third-order valence-electron chi connectivity index (χ3n) is 4.45. The first kappa shape index (κ1) is 17.4. The molecule has 0 spiro atoms. The molecule has 0 saturated heterocycles. The number of nitrogens with zero attached hydrogens (tertiary/aromatic N) is 3. The molecule has 27 heavy (non-hydrogen) atoms. The Kier molecular flexibility index (Phi) is 4.24. The minimum atomic E-state index is -3.29. The molecule has 0 aliphatic rings. The molecule has 0 atom stereocenters. The van der Waals surface area contributed by atoms with Crippen LogP contribution in [0.2, 0.25) is 0 Å². The fourth-order valence-corrected chi connectivity index (χ4v) is 3.92. The Hall–Kier alpha value is -3.06. The zero-order chi connectivity index (χ0) is 19.0. The maximum atomic E-state index is 12.3. The molecular weight excluding hydrogens is 360 g/mol. The van der Waals surface area contributed by atoms with E-state index in [2.05, 4.69) is 15.0 Å². The molecule has 0 saturated carbocycles. The number of H-pyrrole nitrogens is 1. The number of rotatable bonds is 4. The third-order valence-corrected chi connectivity index (χ3v) is 6.62. The summed E-state index contributed by atoms with van der Waals surface area (Å²) in [4.78, 5) is 16.8. The number of pyridine rings is 1. The van der Waals surface area contributed by atoms with E-state index < -0.39 is 15.1 Å². The summed E-state index contributed by atoms with van der Waals surface area (Å²) in [6, 6.07) is 10.6. The molecule has 1 aromatic carbocycles. The molecule has 0 fully saturated rings. The first-order chi connectivity index (χ1) is 13.0. The molecule has 136 valence electrons. The van der Waals surface area contributed by atoms with E-state index in [1.807, 2.05) is 18.3 Å². The first-order valence-electron chi connectivity index (χ1n) is 8.55. The normalized spacial score (nSPS) is 12.0. The summed E-state index contributed by atoms with van der Waals surface area (Å²) in [5.41, 5.74) is 4.81. The summed E-state index contributed by atoms with van der Waals surface area (Å²) < 4.78 is 24.6. The van der Waals surface area contributed by atoms with Gasteiger partial charge in [-0.15, -0.1) is 0 Å². The van der Waals surface area contributed by atoms with E-state index in [-0.39, 0.29) is 0 Å². The second-order valence-electron chi connectivity index (χ2n) is 6.51. The van der Waals surface area contributed by atoms with Gasteiger partial charge in [0.2, 0.25) is 0 Å². The molecule has 3 heterocycles. The van der Waals surface area contributed by atoms with Crippen molar-refractivity contribution in [2.24, 2.45) is 0 Å². The van der Waals surface area contributed by atoms with Crippen LogP contribution in [0.3, 0.4) is 0 Å². The van der Waals surface area contributed by atoms with Crippen molar-refractivity contribution in [3.05, 3.63) is 61.2 Å². The van der Waals surface area contributed by atoms with Gasteiger partial charge in [0.15, 0.2) is 15.5 Å². The minimum absolute atomic E-state index is 0.313. The zero-order valence-corrected chi connectivity index (χ0v) is 15.7. The van der Waals surface area contributed by atoms with Crippen LogP contribution >= 0.6 is 0 Å². The van der Waals surface area contributed by atoms with Gasteiger partial charge < -0.3 is 4.98 Å². The lowest BCUT2D eigenvalue weighted by Crippen LogP contribution is -2.13. The summed E-state index contributed by atoms with van der Waals surface area (Å²) in [5, 5.41) is -0.457. The van der Waals surface area contributed by atoms with Gasteiger partial charge in [-0.05, 0) is 32.0 Å². The van der Waals surface area contributed by atoms with E-state index in [1.54, 1.807) is 56.7 Å². The molecule has 4 rings (SSSR count). The summed E-state index contributed by atoms with van der Waals surface area (Å²) >= 11 is 0. The van der Waals surface area contributed by atoms with Gasteiger partial charge in [-0.25, -0.2) is 18.4 Å². The standard InChI is InChI=1S/C20H18N4O2S/c1-13(2)27(25,26)16-7-5-14(6-8-16)18-12-23-20-19(24-18)17(11-22-20)15-4-3-9-21-10-15/h3-13H,1-2H3,(H,22,23). The average Bonchev–Trinajstić information content (AvgIpc) is 3.12. The van der Waals surface area contributed by atoms with Crippen LogP contribution in [0.5, 0.6) is 0 Å². The predicted molar refractivity (Wildman–Crippen MR) is 105 cm³/mol. The molecule has 6 nitrogen and oxygen atoms in total. The van der Waals surface area contributed by atoms with Gasteiger partial charge in [0, 0.05) is 35.3 Å². The Bertz CT molecular complexity index is 1200. The molecule has 3 aromatic heterocycles. The van der Waals surface area contributed by atoms with Crippen LogP contribution in [0.1, 0.15) is 13.8 Å². The zero-order valence-electron chi connectivity index (χ0n) is 14.9. The van der Waals surface area contributed by atoms with Crippen molar-refractivity contribution in [3.63, 3.8) is 0 Å². The number of hydrogen-bond donors (Lipinski definition) is 1. The monoisotopic (exact) mass is 378 g/mol. The van der Waals surface area contributed by atoms with Gasteiger partial charge in [-0.2, -0.15) is 0 Å². The summed E-state index contributed by atoms with van der Waals surface area (Å²) in [6.07, 6.45) is 7.05. The largest absolute Gasteiger partial charge is 0.344 e. The third kappa shape index (κ3) is 3.10. The Labute approximate surface area is 157 Å². The lowest BCUT2D eigenvalue weighted by Gasteiger charge is -2.08. The van der Waals surface area contributed by atoms with Gasteiger partial charge in [0.25, 0.3) is 0 Å². The highest BCUT2D eigenvalue weighted by Gasteiger charge is 2.19. The lowest BCUT2D eigenvalue weighted by atomic mass is 10.1. The van der Waals surface area contributed by atoms with Crippen LogP contribution < -0.4 is 0 Å². The second kappa shape index (κ2) is 6.59. The molecule has 0 aliphatic carbocycles. The predicted octanol–water partition coefficient (Wildman–Crippen LogP) is 3.87. The van der Waals surface area contributed by atoms with Crippen molar-refractivity contribution in [2.75, 3.05) is 0 Å². The fourth-order valence-electron chi connectivity index (χ4n) is 2.86. The molecule has 1 N–H and O–H groups in total. The second-order valence-corrected chi connectivity index (χ2v) is 9.02. The lowest BCUT2D eigenvalue weighted by molar-refractivity contribution is 0.587. The molecule has 0 radical (unpaired) electrons. The van der Waals surface area contributed by atoms with E-state index in [0.29, 0.717) is 16.2 Å². The maximum Gasteiger partial charge on any atom is 0.180 e. The maximum absolute atomic E-state index is 12.3. The highest BCUT2D eigenvalue weighted by molar-refractivity contribution is 7.92. The highest BCUT2D eigenvalue weighted by Crippen LogP contribution is 2.28. The number of sulfone groups is 1. The van der Waals surface area contributed by atoms with Gasteiger partial charge >= 0.3 is 0 Å². The molecule has 0 amide bonds. The van der Waals surface area contributed by atoms with E-state index in [9.17, 15) is 8.42 Å². The Balaban J connectivity index is 1.77. The van der Waals surface area contributed by atoms with Gasteiger partial charge in [0.1, 0.15) is 5.52 Å². The van der Waals surface area contributed by atoms with Gasteiger partial charge in [0.05, 0.1) is 22.0 Å². The van der Waals surface area contributed by atoms with Crippen molar-refractivity contribution in [2.45, 2.75) is 24.0 Å².